The highest BCUT2D eigenvalue weighted by Gasteiger charge is 2.12. The molecule has 0 aliphatic rings. The van der Waals surface area contributed by atoms with Crippen LogP contribution < -0.4 is 10.5 Å². The van der Waals surface area contributed by atoms with Gasteiger partial charge in [0.2, 0.25) is 10.0 Å². The van der Waals surface area contributed by atoms with Crippen molar-refractivity contribution >= 4 is 27.2 Å². The van der Waals surface area contributed by atoms with Crippen molar-refractivity contribution in [2.24, 2.45) is 5.73 Å². The van der Waals surface area contributed by atoms with Crippen molar-refractivity contribution < 1.29 is 8.42 Å². The predicted octanol–water partition coefficient (Wildman–Crippen LogP) is 0.426. The Morgan fingerprint density at radius 2 is 2.31 bits per heavy atom. The van der Waals surface area contributed by atoms with Crippen molar-refractivity contribution in [3.05, 3.63) is 24.5 Å². The molecule has 0 fully saturated rings. The molecular weight excluding hydrogens is 246 g/mol. The third kappa shape index (κ3) is 4.21. The second-order valence-electron chi connectivity index (χ2n) is 3.16. The Morgan fingerprint density at radius 3 is 2.88 bits per heavy atom. The van der Waals surface area contributed by atoms with Crippen molar-refractivity contribution in [2.75, 3.05) is 6.54 Å². The maximum atomic E-state index is 11.7. The lowest BCUT2D eigenvalue weighted by Crippen LogP contribution is -2.25. The van der Waals surface area contributed by atoms with E-state index in [9.17, 15) is 8.42 Å². The summed E-state index contributed by atoms with van der Waals surface area (Å²) in [6.07, 6.45) is 3.95. The van der Waals surface area contributed by atoms with Crippen LogP contribution in [0.25, 0.3) is 0 Å². The summed E-state index contributed by atoms with van der Waals surface area (Å²) >= 11 is 4.69. The number of pyridine rings is 1. The van der Waals surface area contributed by atoms with Gasteiger partial charge in [-0.25, -0.2) is 13.1 Å². The fraction of sp³-hybridized carbons (Fsp3) is 0.333. The number of nitrogens with two attached hydrogens (primary N) is 1. The largest absolute Gasteiger partial charge is 0.393 e. The second-order valence-corrected chi connectivity index (χ2v) is 5.45. The van der Waals surface area contributed by atoms with Gasteiger partial charge in [-0.2, -0.15) is 0 Å². The van der Waals surface area contributed by atoms with Crippen LogP contribution in [0.2, 0.25) is 0 Å². The molecule has 0 saturated carbocycles. The minimum Gasteiger partial charge on any atom is -0.393 e. The number of nitrogens with zero attached hydrogens (tertiary/aromatic N) is 1. The van der Waals surface area contributed by atoms with Crippen molar-refractivity contribution in [1.82, 2.24) is 9.71 Å². The molecule has 3 N–H and O–H groups in total. The highest BCUT2D eigenvalue weighted by molar-refractivity contribution is 7.89. The topological polar surface area (TPSA) is 85.1 Å². The van der Waals surface area contributed by atoms with Crippen LogP contribution in [-0.2, 0) is 10.0 Å². The Hall–Kier alpha value is -1.05. The molecule has 1 rings (SSSR count). The van der Waals surface area contributed by atoms with Crippen LogP contribution in [0.1, 0.15) is 12.8 Å². The fourth-order valence-electron chi connectivity index (χ4n) is 1.06. The summed E-state index contributed by atoms with van der Waals surface area (Å²) in [6.45, 7) is 0.314. The normalized spacial score (nSPS) is 11.2. The first-order valence-corrected chi connectivity index (χ1v) is 6.59. The average Bonchev–Trinajstić information content (AvgIpc) is 2.26. The summed E-state index contributed by atoms with van der Waals surface area (Å²) in [7, 11) is -3.45. The van der Waals surface area contributed by atoms with Crippen LogP contribution in [0.3, 0.4) is 0 Å². The zero-order chi connectivity index (χ0) is 12.0. The van der Waals surface area contributed by atoms with Gasteiger partial charge in [-0.1, -0.05) is 12.2 Å². The molecule has 88 valence electrons. The molecule has 0 atom stereocenters. The van der Waals surface area contributed by atoms with E-state index in [0.29, 0.717) is 24.4 Å². The fourth-order valence-corrected chi connectivity index (χ4v) is 2.24. The molecule has 0 saturated heterocycles. The van der Waals surface area contributed by atoms with Crippen LogP contribution in [0.15, 0.2) is 29.4 Å². The molecule has 0 aliphatic carbocycles. The maximum absolute atomic E-state index is 11.7. The zero-order valence-electron chi connectivity index (χ0n) is 8.59. The predicted molar refractivity (Wildman–Crippen MR) is 65.4 cm³/mol. The number of nitrogens with one attached hydrogen (secondary N) is 1. The van der Waals surface area contributed by atoms with Gasteiger partial charge in [-0.05, 0) is 25.0 Å². The molecule has 0 amide bonds. The van der Waals surface area contributed by atoms with Crippen molar-refractivity contribution in [2.45, 2.75) is 17.7 Å². The number of aromatic nitrogens is 1. The van der Waals surface area contributed by atoms with Gasteiger partial charge in [-0.15, -0.1) is 0 Å². The molecule has 0 aliphatic heterocycles. The Morgan fingerprint density at radius 1 is 1.56 bits per heavy atom. The number of rotatable bonds is 6. The molecule has 0 spiro atoms. The number of hydrogen-bond donors (Lipinski definition) is 2. The highest BCUT2D eigenvalue weighted by atomic mass is 32.2. The number of thiocarbonyl (C=S) groups is 1. The summed E-state index contributed by atoms with van der Waals surface area (Å²) in [5.41, 5.74) is 5.30. The van der Waals surface area contributed by atoms with E-state index in [1.807, 2.05) is 0 Å². The van der Waals surface area contributed by atoms with Crippen LogP contribution in [0.5, 0.6) is 0 Å². The van der Waals surface area contributed by atoms with Gasteiger partial charge >= 0.3 is 0 Å². The molecule has 5 nitrogen and oxygen atoms in total. The van der Waals surface area contributed by atoms with Gasteiger partial charge in [0, 0.05) is 18.9 Å². The Kier molecular flexibility index (Phi) is 4.78. The molecular formula is C9H13N3O2S2. The van der Waals surface area contributed by atoms with Crippen molar-refractivity contribution in [3.63, 3.8) is 0 Å². The zero-order valence-corrected chi connectivity index (χ0v) is 10.2. The summed E-state index contributed by atoms with van der Waals surface area (Å²) in [4.78, 5) is 4.29. The molecule has 0 aromatic carbocycles. The first-order chi connectivity index (χ1) is 7.52. The molecule has 1 aromatic heterocycles. The van der Waals surface area contributed by atoms with Gasteiger partial charge in [0.25, 0.3) is 0 Å². The molecule has 1 heterocycles. The first-order valence-electron chi connectivity index (χ1n) is 4.70. The summed E-state index contributed by atoms with van der Waals surface area (Å²) in [5.74, 6) is 0. The standard InChI is InChI=1S/C9H13N3O2S2/c10-9(15)4-2-6-12-16(13,14)8-3-1-5-11-7-8/h1,3,5,7,12H,2,4,6H2,(H2,10,15). The van der Waals surface area contributed by atoms with E-state index in [1.165, 1.54) is 18.5 Å². The molecule has 0 unspecified atom stereocenters. The van der Waals surface area contributed by atoms with Crippen LogP contribution in [0, 0.1) is 0 Å². The maximum Gasteiger partial charge on any atom is 0.242 e. The van der Waals surface area contributed by atoms with E-state index in [-0.39, 0.29) is 4.90 Å². The summed E-state index contributed by atoms with van der Waals surface area (Å²) < 4.78 is 25.8. The molecule has 0 radical (unpaired) electrons. The van der Waals surface area contributed by atoms with Gasteiger partial charge in [-0.3, -0.25) is 4.98 Å². The third-order valence-electron chi connectivity index (χ3n) is 1.84. The Labute approximate surface area is 100 Å². The van der Waals surface area contributed by atoms with E-state index < -0.39 is 10.0 Å². The van der Waals surface area contributed by atoms with Gasteiger partial charge in [0.05, 0.1) is 4.99 Å². The van der Waals surface area contributed by atoms with Gasteiger partial charge in [0.15, 0.2) is 0 Å². The van der Waals surface area contributed by atoms with E-state index in [1.54, 1.807) is 6.07 Å². The number of sulfonamides is 1. The molecule has 7 heteroatoms. The lowest BCUT2D eigenvalue weighted by atomic mass is 10.3. The highest BCUT2D eigenvalue weighted by Crippen LogP contribution is 2.05. The van der Waals surface area contributed by atoms with E-state index in [2.05, 4.69) is 21.9 Å². The van der Waals surface area contributed by atoms with Gasteiger partial charge in [0.1, 0.15) is 4.90 Å². The summed E-state index contributed by atoms with van der Waals surface area (Å²) in [6, 6.07) is 3.06. The minimum atomic E-state index is -3.45. The molecule has 16 heavy (non-hydrogen) atoms. The Bertz CT molecular complexity index is 445. The summed E-state index contributed by atoms with van der Waals surface area (Å²) in [5, 5.41) is 0. The quantitative estimate of drug-likeness (QED) is 0.571. The van der Waals surface area contributed by atoms with Crippen LogP contribution in [0.4, 0.5) is 0 Å². The van der Waals surface area contributed by atoms with E-state index in [4.69, 9.17) is 5.73 Å². The molecule has 0 bridgehead atoms. The molecule has 1 aromatic rings. The van der Waals surface area contributed by atoms with Crippen LogP contribution in [-0.4, -0.2) is 24.9 Å². The van der Waals surface area contributed by atoms with Crippen LogP contribution >= 0.6 is 12.2 Å². The van der Waals surface area contributed by atoms with Gasteiger partial charge < -0.3 is 5.73 Å². The second kappa shape index (κ2) is 5.88. The lowest BCUT2D eigenvalue weighted by Gasteiger charge is -2.05. The van der Waals surface area contributed by atoms with Crippen molar-refractivity contribution in [3.8, 4) is 0 Å². The minimum absolute atomic E-state index is 0.158. The lowest BCUT2D eigenvalue weighted by molar-refractivity contribution is 0.579. The smallest absolute Gasteiger partial charge is 0.242 e. The monoisotopic (exact) mass is 259 g/mol. The average molecular weight is 259 g/mol. The van der Waals surface area contributed by atoms with E-state index >= 15 is 0 Å². The SMILES string of the molecule is NC(=S)CCCNS(=O)(=O)c1cccnc1. The number of hydrogen-bond acceptors (Lipinski definition) is 4. The Balaban J connectivity index is 2.51. The third-order valence-corrected chi connectivity index (χ3v) is 3.49. The van der Waals surface area contributed by atoms with Crippen molar-refractivity contribution in [1.29, 1.82) is 0 Å². The first kappa shape index (κ1) is 13.0. The van der Waals surface area contributed by atoms with E-state index in [0.717, 1.165) is 0 Å².